The van der Waals surface area contributed by atoms with Gasteiger partial charge in [0, 0.05) is 31.0 Å². The van der Waals surface area contributed by atoms with Crippen molar-refractivity contribution < 1.29 is 14.5 Å². The van der Waals surface area contributed by atoms with Gasteiger partial charge in [-0.05, 0) is 6.07 Å². The van der Waals surface area contributed by atoms with Crippen LogP contribution in [0.15, 0.2) is 40.3 Å². The topological polar surface area (TPSA) is 127 Å². The molecular weight excluding hydrogens is 336 g/mol. The second-order valence-corrected chi connectivity index (χ2v) is 5.58. The van der Waals surface area contributed by atoms with Gasteiger partial charge in [0.1, 0.15) is 0 Å². The van der Waals surface area contributed by atoms with Gasteiger partial charge in [0.05, 0.1) is 23.0 Å². The van der Waals surface area contributed by atoms with Gasteiger partial charge in [0.15, 0.2) is 5.16 Å². The number of rotatable bonds is 7. The van der Waals surface area contributed by atoms with E-state index in [1.165, 1.54) is 31.4 Å². The first-order valence-electron chi connectivity index (χ1n) is 6.74. The van der Waals surface area contributed by atoms with E-state index in [4.69, 9.17) is 4.74 Å². The van der Waals surface area contributed by atoms with Crippen LogP contribution in [0.4, 0.5) is 11.4 Å². The highest BCUT2D eigenvalue weighted by Crippen LogP contribution is 2.18. The van der Waals surface area contributed by atoms with Gasteiger partial charge in [0.2, 0.25) is 5.91 Å². The van der Waals surface area contributed by atoms with E-state index >= 15 is 0 Å². The zero-order valence-corrected chi connectivity index (χ0v) is 13.5. The molecule has 0 bridgehead atoms. The lowest BCUT2D eigenvalue weighted by atomic mass is 10.3. The smallest absolute Gasteiger partial charge is 0.271 e. The summed E-state index contributed by atoms with van der Waals surface area (Å²) in [7, 11) is 1.49. The lowest BCUT2D eigenvalue weighted by molar-refractivity contribution is -0.384. The Kier molecular flexibility index (Phi) is 6.04. The number of aromatic amines is 1. The first-order chi connectivity index (χ1) is 11.5. The number of aromatic nitrogens is 2. The molecule has 0 saturated carbocycles. The summed E-state index contributed by atoms with van der Waals surface area (Å²) in [6.45, 7) is 0.192. The quantitative estimate of drug-likeness (QED) is 0.336. The van der Waals surface area contributed by atoms with Gasteiger partial charge in [-0.15, -0.1) is 0 Å². The number of anilines is 1. The molecule has 2 N–H and O–H groups in total. The van der Waals surface area contributed by atoms with Crippen molar-refractivity contribution in [3.05, 3.63) is 56.5 Å². The van der Waals surface area contributed by atoms with E-state index in [2.05, 4.69) is 15.3 Å². The van der Waals surface area contributed by atoms with Crippen LogP contribution < -0.4 is 10.9 Å². The largest absolute Gasteiger partial charge is 0.378 e. The van der Waals surface area contributed by atoms with Crippen molar-refractivity contribution in [1.82, 2.24) is 9.97 Å². The van der Waals surface area contributed by atoms with Gasteiger partial charge in [-0.2, -0.15) is 0 Å². The standard InChI is InChI=1S/C14H14N4O5S/c1-23-7-10-6-12(19)17-14(16-10)24-8-13(20)15-9-3-2-4-11(5-9)18(21)22/h2-6H,7-8H2,1H3,(H,15,20)(H,16,17,19). The Hall–Kier alpha value is -2.72. The third-order valence-electron chi connectivity index (χ3n) is 2.75. The van der Waals surface area contributed by atoms with Gasteiger partial charge in [-0.1, -0.05) is 17.8 Å². The van der Waals surface area contributed by atoms with Crippen LogP contribution in [0.5, 0.6) is 0 Å². The molecule has 1 heterocycles. The summed E-state index contributed by atoms with van der Waals surface area (Å²) >= 11 is 1.04. The Morgan fingerprint density at radius 3 is 2.96 bits per heavy atom. The summed E-state index contributed by atoms with van der Waals surface area (Å²) in [4.78, 5) is 40.2. The summed E-state index contributed by atoms with van der Waals surface area (Å²) in [6, 6.07) is 6.95. The molecule has 0 aliphatic carbocycles. The molecule has 0 radical (unpaired) electrons. The minimum absolute atomic E-state index is 0.0118. The molecule has 2 aromatic rings. The number of amides is 1. The van der Waals surface area contributed by atoms with Gasteiger partial charge in [-0.25, -0.2) is 4.98 Å². The molecular formula is C14H14N4O5S. The van der Waals surface area contributed by atoms with Crippen molar-refractivity contribution in [3.63, 3.8) is 0 Å². The van der Waals surface area contributed by atoms with Crippen LogP contribution >= 0.6 is 11.8 Å². The molecule has 0 unspecified atom stereocenters. The number of nitrogens with zero attached hydrogens (tertiary/aromatic N) is 2. The molecule has 1 aromatic heterocycles. The molecule has 126 valence electrons. The molecule has 0 spiro atoms. The van der Waals surface area contributed by atoms with Crippen LogP contribution in [0.2, 0.25) is 0 Å². The predicted octanol–water partition coefficient (Wildman–Crippen LogP) is 1.56. The molecule has 0 fully saturated rings. The van der Waals surface area contributed by atoms with Crippen molar-refractivity contribution in [2.75, 3.05) is 18.2 Å². The molecule has 0 atom stereocenters. The Bertz CT molecular complexity index is 808. The molecule has 9 nitrogen and oxygen atoms in total. The summed E-state index contributed by atoms with van der Waals surface area (Å²) in [5, 5.41) is 13.6. The second kappa shape index (κ2) is 8.22. The number of hydrogen-bond acceptors (Lipinski definition) is 7. The molecule has 0 aliphatic rings. The van der Waals surface area contributed by atoms with Gasteiger partial charge in [0.25, 0.3) is 11.2 Å². The summed E-state index contributed by atoms with van der Waals surface area (Å²) in [6.07, 6.45) is 0. The van der Waals surface area contributed by atoms with Crippen LogP contribution in [-0.4, -0.2) is 33.7 Å². The Morgan fingerprint density at radius 1 is 1.46 bits per heavy atom. The monoisotopic (exact) mass is 350 g/mol. The zero-order valence-electron chi connectivity index (χ0n) is 12.6. The van der Waals surface area contributed by atoms with Crippen LogP contribution in [0.25, 0.3) is 0 Å². The molecule has 0 aliphatic heterocycles. The minimum atomic E-state index is -0.541. The van der Waals surface area contributed by atoms with E-state index in [-0.39, 0.29) is 29.5 Å². The fourth-order valence-corrected chi connectivity index (χ4v) is 2.50. The van der Waals surface area contributed by atoms with E-state index in [1.54, 1.807) is 6.07 Å². The lowest BCUT2D eigenvalue weighted by Gasteiger charge is -2.05. The third kappa shape index (κ3) is 5.18. The first-order valence-corrected chi connectivity index (χ1v) is 7.73. The van der Waals surface area contributed by atoms with Gasteiger partial charge in [-0.3, -0.25) is 19.7 Å². The number of ether oxygens (including phenoxy) is 1. The van der Waals surface area contributed by atoms with E-state index < -0.39 is 4.92 Å². The van der Waals surface area contributed by atoms with Crippen molar-refractivity contribution in [3.8, 4) is 0 Å². The number of non-ortho nitro benzene ring substituents is 1. The maximum absolute atomic E-state index is 11.9. The molecule has 10 heteroatoms. The Morgan fingerprint density at radius 2 is 2.25 bits per heavy atom. The average Bonchev–Trinajstić information content (AvgIpc) is 2.53. The summed E-state index contributed by atoms with van der Waals surface area (Å²) < 4.78 is 4.91. The van der Waals surface area contributed by atoms with Crippen molar-refractivity contribution >= 4 is 29.0 Å². The number of methoxy groups -OCH3 is 1. The van der Waals surface area contributed by atoms with E-state index in [0.717, 1.165) is 11.8 Å². The van der Waals surface area contributed by atoms with Gasteiger partial charge < -0.3 is 15.0 Å². The van der Waals surface area contributed by atoms with Crippen LogP contribution in [0.3, 0.4) is 0 Å². The normalized spacial score (nSPS) is 10.4. The first kappa shape index (κ1) is 17.6. The van der Waals surface area contributed by atoms with Crippen molar-refractivity contribution in [2.45, 2.75) is 11.8 Å². The van der Waals surface area contributed by atoms with Crippen LogP contribution in [-0.2, 0) is 16.1 Å². The maximum Gasteiger partial charge on any atom is 0.271 e. The zero-order chi connectivity index (χ0) is 17.5. The third-order valence-corrected chi connectivity index (χ3v) is 3.62. The lowest BCUT2D eigenvalue weighted by Crippen LogP contribution is -2.16. The van der Waals surface area contributed by atoms with E-state index in [1.807, 2.05) is 0 Å². The SMILES string of the molecule is COCc1cc(=O)[nH]c(SCC(=O)Nc2cccc([N+](=O)[O-])c2)n1. The van der Waals surface area contributed by atoms with Crippen LogP contribution in [0.1, 0.15) is 5.69 Å². The maximum atomic E-state index is 11.9. The van der Waals surface area contributed by atoms with Crippen molar-refractivity contribution in [2.24, 2.45) is 0 Å². The van der Waals surface area contributed by atoms with Crippen LogP contribution in [0, 0.1) is 10.1 Å². The number of thioether (sulfide) groups is 1. The fraction of sp³-hybridized carbons (Fsp3) is 0.214. The second-order valence-electron chi connectivity index (χ2n) is 4.62. The minimum Gasteiger partial charge on any atom is -0.378 e. The summed E-state index contributed by atoms with van der Waals surface area (Å²) in [5.41, 5.74) is 0.338. The molecule has 1 amide bonds. The molecule has 24 heavy (non-hydrogen) atoms. The molecule has 0 saturated heterocycles. The number of nitro benzene ring substituents is 1. The fourth-order valence-electron chi connectivity index (χ4n) is 1.80. The number of benzene rings is 1. The van der Waals surface area contributed by atoms with Gasteiger partial charge >= 0.3 is 0 Å². The molecule has 2 rings (SSSR count). The van der Waals surface area contributed by atoms with E-state index in [0.29, 0.717) is 16.5 Å². The Labute approximate surface area is 140 Å². The number of nitrogens with one attached hydrogen (secondary N) is 2. The number of H-pyrrole nitrogens is 1. The Balaban J connectivity index is 1.97. The number of nitro groups is 1. The summed E-state index contributed by atoms with van der Waals surface area (Å²) in [5.74, 6) is -0.387. The highest BCUT2D eigenvalue weighted by molar-refractivity contribution is 7.99. The highest BCUT2D eigenvalue weighted by atomic mass is 32.2. The van der Waals surface area contributed by atoms with Crippen molar-refractivity contribution in [1.29, 1.82) is 0 Å². The molecule has 1 aromatic carbocycles. The highest BCUT2D eigenvalue weighted by Gasteiger charge is 2.10. The predicted molar refractivity (Wildman–Crippen MR) is 88.0 cm³/mol. The number of hydrogen-bond donors (Lipinski definition) is 2. The number of carbonyl (C=O) groups excluding carboxylic acids is 1. The number of carbonyl (C=O) groups is 1. The van der Waals surface area contributed by atoms with E-state index in [9.17, 15) is 19.7 Å². The average molecular weight is 350 g/mol.